The molecule has 1 aliphatic heterocycles. The topological polar surface area (TPSA) is 70.2 Å². The molecular formula is C30H39N3O2. The first kappa shape index (κ1) is 24.1. The van der Waals surface area contributed by atoms with Crippen LogP contribution in [0.3, 0.4) is 0 Å². The van der Waals surface area contributed by atoms with Gasteiger partial charge < -0.3 is 16.0 Å². The van der Waals surface area contributed by atoms with E-state index in [4.69, 9.17) is 0 Å². The van der Waals surface area contributed by atoms with Crippen LogP contribution in [0.4, 0.5) is 0 Å². The molecule has 0 spiro atoms. The number of nitrogens with one attached hydrogen (secondary N) is 3. The minimum absolute atomic E-state index is 0.0224. The summed E-state index contributed by atoms with van der Waals surface area (Å²) in [5, 5.41) is 9.45. The molecule has 1 heterocycles. The van der Waals surface area contributed by atoms with Gasteiger partial charge in [-0.2, -0.15) is 0 Å². The van der Waals surface area contributed by atoms with E-state index in [2.05, 4.69) is 76.6 Å². The molecule has 3 aliphatic rings. The van der Waals surface area contributed by atoms with E-state index < -0.39 is 0 Å². The van der Waals surface area contributed by atoms with E-state index in [1.54, 1.807) is 0 Å². The van der Waals surface area contributed by atoms with Gasteiger partial charge in [-0.1, -0.05) is 60.7 Å². The third kappa shape index (κ3) is 6.32. The SMILES string of the molecule is O=C(NCCC[C@H]1C[C@H]1c1ccccc1)C1CNCC1C(=O)NCCC[C@H]1C[C@H]1c1ccccc1. The van der Waals surface area contributed by atoms with Crippen molar-refractivity contribution in [1.29, 1.82) is 0 Å². The third-order valence-corrected chi connectivity index (χ3v) is 8.29. The quantitative estimate of drug-likeness (QED) is 0.404. The molecule has 2 aliphatic carbocycles. The zero-order valence-corrected chi connectivity index (χ0v) is 20.6. The van der Waals surface area contributed by atoms with Crippen molar-refractivity contribution in [2.45, 2.75) is 50.4 Å². The second-order valence-electron chi connectivity index (χ2n) is 10.8. The molecule has 5 nitrogen and oxygen atoms in total. The van der Waals surface area contributed by atoms with Gasteiger partial charge in [0.05, 0.1) is 11.8 Å². The number of benzene rings is 2. The van der Waals surface area contributed by atoms with Crippen LogP contribution in [0.15, 0.2) is 60.7 Å². The van der Waals surface area contributed by atoms with Crippen LogP contribution < -0.4 is 16.0 Å². The van der Waals surface area contributed by atoms with Crippen molar-refractivity contribution in [2.24, 2.45) is 23.7 Å². The highest BCUT2D eigenvalue weighted by Gasteiger charge is 2.39. The second kappa shape index (κ2) is 11.4. The summed E-state index contributed by atoms with van der Waals surface area (Å²) >= 11 is 0. The first-order valence-electron chi connectivity index (χ1n) is 13.6. The molecule has 2 aromatic carbocycles. The molecule has 2 amide bonds. The summed E-state index contributed by atoms with van der Waals surface area (Å²) in [5.41, 5.74) is 2.89. The van der Waals surface area contributed by atoms with Crippen LogP contribution in [0.1, 0.15) is 61.5 Å². The molecule has 186 valence electrons. The van der Waals surface area contributed by atoms with E-state index in [-0.39, 0.29) is 23.7 Å². The molecule has 2 unspecified atom stereocenters. The van der Waals surface area contributed by atoms with Crippen LogP contribution in [0.25, 0.3) is 0 Å². The largest absolute Gasteiger partial charge is 0.356 e. The molecular weight excluding hydrogens is 434 g/mol. The van der Waals surface area contributed by atoms with Crippen molar-refractivity contribution in [1.82, 2.24) is 16.0 Å². The molecule has 5 heteroatoms. The fourth-order valence-corrected chi connectivity index (χ4v) is 5.99. The van der Waals surface area contributed by atoms with Crippen LogP contribution in [0.2, 0.25) is 0 Å². The lowest BCUT2D eigenvalue weighted by Crippen LogP contribution is -2.42. The van der Waals surface area contributed by atoms with Gasteiger partial charge in [0.15, 0.2) is 0 Å². The first-order valence-corrected chi connectivity index (χ1v) is 13.6. The Hall–Kier alpha value is -2.66. The van der Waals surface area contributed by atoms with Crippen LogP contribution in [0.5, 0.6) is 0 Å². The van der Waals surface area contributed by atoms with Gasteiger partial charge in [0, 0.05) is 26.2 Å². The Labute approximate surface area is 209 Å². The molecule has 1 saturated heterocycles. The normalized spacial score (nSPS) is 28.9. The Morgan fingerprint density at radius 3 is 1.54 bits per heavy atom. The van der Waals surface area contributed by atoms with Gasteiger partial charge in [-0.3, -0.25) is 9.59 Å². The zero-order chi connectivity index (χ0) is 24.0. The fraction of sp³-hybridized carbons (Fsp3) is 0.533. The lowest BCUT2D eigenvalue weighted by Gasteiger charge is -2.18. The summed E-state index contributed by atoms with van der Waals surface area (Å²) in [7, 11) is 0. The van der Waals surface area contributed by atoms with Crippen molar-refractivity contribution in [2.75, 3.05) is 26.2 Å². The summed E-state index contributed by atoms with van der Waals surface area (Å²) in [4.78, 5) is 25.5. The molecule has 0 radical (unpaired) electrons. The molecule has 3 N–H and O–H groups in total. The van der Waals surface area contributed by atoms with Crippen molar-refractivity contribution >= 4 is 11.8 Å². The highest BCUT2D eigenvalue weighted by atomic mass is 16.2. The Morgan fingerprint density at radius 1 is 0.686 bits per heavy atom. The molecule has 2 saturated carbocycles. The Bertz CT molecular complexity index is 900. The van der Waals surface area contributed by atoms with E-state index in [1.807, 2.05) is 0 Å². The molecule has 0 aromatic heterocycles. The standard InChI is InChI=1S/C30H39N3O2/c34-29(32-15-7-13-23-17-25(23)21-9-3-1-4-10-21)27-19-31-20-28(27)30(35)33-16-8-14-24-18-26(24)22-11-5-2-6-12-22/h1-6,9-12,23-28,31H,7-8,13-20H2,(H,32,34)(H,33,35)/t23-,24-,25-,26-,27?,28?/m0/s1. The average Bonchev–Trinajstić information content (AvgIpc) is 3.80. The van der Waals surface area contributed by atoms with E-state index in [1.165, 1.54) is 24.0 Å². The van der Waals surface area contributed by atoms with Crippen molar-refractivity contribution in [3.05, 3.63) is 71.8 Å². The highest BCUT2D eigenvalue weighted by Crippen LogP contribution is 2.50. The Balaban J connectivity index is 0.954. The van der Waals surface area contributed by atoms with Gasteiger partial charge in [0.1, 0.15) is 0 Å². The molecule has 35 heavy (non-hydrogen) atoms. The minimum atomic E-state index is -0.265. The van der Waals surface area contributed by atoms with Gasteiger partial charge in [-0.15, -0.1) is 0 Å². The lowest BCUT2D eigenvalue weighted by molar-refractivity contribution is -0.132. The third-order valence-electron chi connectivity index (χ3n) is 8.29. The summed E-state index contributed by atoms with van der Waals surface area (Å²) in [6, 6.07) is 21.5. The number of hydrogen-bond acceptors (Lipinski definition) is 3. The Kier molecular flexibility index (Phi) is 7.82. The molecule has 2 aromatic rings. The predicted octanol–water partition coefficient (Wildman–Crippen LogP) is 4.22. The smallest absolute Gasteiger partial charge is 0.225 e. The maximum Gasteiger partial charge on any atom is 0.225 e. The summed E-state index contributed by atoms with van der Waals surface area (Å²) in [5.74, 6) is 2.41. The summed E-state index contributed by atoms with van der Waals surface area (Å²) in [6.45, 7) is 2.57. The highest BCUT2D eigenvalue weighted by molar-refractivity contribution is 5.88. The number of amides is 2. The van der Waals surface area contributed by atoms with Gasteiger partial charge in [0.25, 0.3) is 0 Å². The number of hydrogen-bond donors (Lipinski definition) is 3. The van der Waals surface area contributed by atoms with Crippen LogP contribution in [-0.4, -0.2) is 38.0 Å². The van der Waals surface area contributed by atoms with Gasteiger partial charge in [0.2, 0.25) is 11.8 Å². The van der Waals surface area contributed by atoms with Crippen LogP contribution >= 0.6 is 0 Å². The molecule has 6 atom stereocenters. The van der Waals surface area contributed by atoms with E-state index in [9.17, 15) is 9.59 Å². The van der Waals surface area contributed by atoms with E-state index in [0.717, 1.165) is 37.5 Å². The number of carbonyl (C=O) groups is 2. The summed E-state index contributed by atoms with van der Waals surface area (Å²) in [6.07, 6.45) is 6.84. The molecule has 3 fully saturated rings. The van der Waals surface area contributed by atoms with Crippen molar-refractivity contribution in [3.63, 3.8) is 0 Å². The minimum Gasteiger partial charge on any atom is -0.356 e. The fourth-order valence-electron chi connectivity index (χ4n) is 5.99. The first-order chi connectivity index (χ1) is 17.2. The van der Waals surface area contributed by atoms with E-state index in [0.29, 0.717) is 38.0 Å². The van der Waals surface area contributed by atoms with Crippen LogP contribution in [-0.2, 0) is 9.59 Å². The maximum absolute atomic E-state index is 12.8. The van der Waals surface area contributed by atoms with Gasteiger partial charge in [-0.25, -0.2) is 0 Å². The van der Waals surface area contributed by atoms with E-state index >= 15 is 0 Å². The van der Waals surface area contributed by atoms with Crippen molar-refractivity contribution in [3.8, 4) is 0 Å². The van der Waals surface area contributed by atoms with Gasteiger partial charge in [-0.05, 0) is 73.3 Å². The van der Waals surface area contributed by atoms with Crippen LogP contribution in [0, 0.1) is 23.7 Å². The predicted molar refractivity (Wildman–Crippen MR) is 139 cm³/mol. The van der Waals surface area contributed by atoms with Gasteiger partial charge >= 0.3 is 0 Å². The molecule has 0 bridgehead atoms. The second-order valence-corrected chi connectivity index (χ2v) is 10.8. The monoisotopic (exact) mass is 473 g/mol. The van der Waals surface area contributed by atoms with Crippen molar-refractivity contribution < 1.29 is 9.59 Å². The number of rotatable bonds is 12. The molecule has 5 rings (SSSR count). The average molecular weight is 474 g/mol. The summed E-state index contributed by atoms with van der Waals surface area (Å²) < 4.78 is 0. The zero-order valence-electron chi connectivity index (χ0n) is 20.6. The lowest BCUT2D eigenvalue weighted by atomic mass is 9.94. The number of carbonyl (C=O) groups excluding carboxylic acids is 2. The Morgan fingerprint density at radius 2 is 1.11 bits per heavy atom. The maximum atomic E-state index is 12.8.